The quantitative estimate of drug-likeness (QED) is 0.866. The lowest BCUT2D eigenvalue weighted by molar-refractivity contribution is -0.129. The number of methoxy groups -OCH3 is 1. The van der Waals surface area contributed by atoms with Gasteiger partial charge in [-0.3, -0.25) is 9.59 Å². The number of hydrogen-bond donors (Lipinski definition) is 2. The first-order chi connectivity index (χ1) is 9.84. The van der Waals surface area contributed by atoms with E-state index in [-0.39, 0.29) is 24.2 Å². The molecule has 0 saturated carbocycles. The molecule has 3 N–H and O–H groups in total. The van der Waals surface area contributed by atoms with E-state index in [0.29, 0.717) is 24.4 Å². The standard InChI is InChI=1S/C15H21N3O3.ClH/c1-15(2,16)14(20)17-10-8-9-18(13(10)19)11-6-4-5-7-12(11)21-3;/h4-7,10H,8-9,16H2,1-3H3,(H,17,20);1H. The number of halogens is 1. The molecule has 6 nitrogen and oxygen atoms in total. The molecule has 1 aliphatic rings. The van der Waals surface area contributed by atoms with Crippen LogP contribution in [-0.2, 0) is 9.59 Å². The van der Waals surface area contributed by atoms with Gasteiger partial charge in [-0.25, -0.2) is 0 Å². The van der Waals surface area contributed by atoms with Crippen molar-refractivity contribution in [2.75, 3.05) is 18.6 Å². The van der Waals surface area contributed by atoms with Gasteiger partial charge in [-0.05, 0) is 32.4 Å². The first-order valence-corrected chi connectivity index (χ1v) is 6.89. The van der Waals surface area contributed by atoms with Crippen molar-refractivity contribution in [3.05, 3.63) is 24.3 Å². The van der Waals surface area contributed by atoms with Crippen LogP contribution in [0.5, 0.6) is 5.75 Å². The number of nitrogens with two attached hydrogens (primary N) is 1. The molecule has 1 aliphatic heterocycles. The Bertz CT molecular complexity index is 557. The van der Waals surface area contributed by atoms with Gasteiger partial charge >= 0.3 is 0 Å². The molecule has 1 aromatic carbocycles. The van der Waals surface area contributed by atoms with E-state index >= 15 is 0 Å². The highest BCUT2D eigenvalue weighted by atomic mass is 35.5. The maximum Gasteiger partial charge on any atom is 0.249 e. The predicted octanol–water partition coefficient (Wildman–Crippen LogP) is 1.08. The average Bonchev–Trinajstić information content (AvgIpc) is 2.79. The van der Waals surface area contributed by atoms with Gasteiger partial charge in [0.25, 0.3) is 0 Å². The number of carbonyl (C=O) groups excluding carboxylic acids is 2. The van der Waals surface area contributed by atoms with Gasteiger partial charge in [-0.15, -0.1) is 12.4 Å². The minimum Gasteiger partial charge on any atom is -0.495 e. The summed E-state index contributed by atoms with van der Waals surface area (Å²) >= 11 is 0. The van der Waals surface area contributed by atoms with Crippen molar-refractivity contribution in [3.63, 3.8) is 0 Å². The SMILES string of the molecule is COc1ccccc1N1CCC(NC(=O)C(C)(C)N)C1=O.Cl. The Hall–Kier alpha value is -1.79. The maximum atomic E-state index is 12.5. The van der Waals surface area contributed by atoms with Gasteiger partial charge in [-0.1, -0.05) is 12.1 Å². The molecular weight excluding hydrogens is 306 g/mol. The second kappa shape index (κ2) is 6.98. The van der Waals surface area contributed by atoms with Crippen LogP contribution in [0.25, 0.3) is 0 Å². The normalized spacial score (nSPS) is 17.9. The molecule has 1 atom stereocenters. The molecule has 1 aromatic rings. The lowest BCUT2D eigenvalue weighted by Gasteiger charge is -2.22. The van der Waals surface area contributed by atoms with Gasteiger partial charge in [0, 0.05) is 6.54 Å². The van der Waals surface area contributed by atoms with E-state index in [0.717, 1.165) is 0 Å². The lowest BCUT2D eigenvalue weighted by atomic mass is 10.1. The molecule has 1 unspecified atom stereocenters. The van der Waals surface area contributed by atoms with Gasteiger partial charge in [0.05, 0.1) is 18.3 Å². The van der Waals surface area contributed by atoms with E-state index in [1.165, 1.54) is 0 Å². The zero-order valence-corrected chi connectivity index (χ0v) is 13.8. The molecule has 122 valence electrons. The zero-order chi connectivity index (χ0) is 15.6. The van der Waals surface area contributed by atoms with E-state index in [2.05, 4.69) is 5.32 Å². The molecular formula is C15H22ClN3O3. The van der Waals surface area contributed by atoms with Crippen LogP contribution in [0.1, 0.15) is 20.3 Å². The highest BCUT2D eigenvalue weighted by Crippen LogP contribution is 2.31. The number of anilines is 1. The smallest absolute Gasteiger partial charge is 0.249 e. The highest BCUT2D eigenvalue weighted by Gasteiger charge is 2.36. The summed E-state index contributed by atoms with van der Waals surface area (Å²) in [6, 6.07) is 6.79. The minimum atomic E-state index is -1.00. The first kappa shape index (κ1) is 18.3. The largest absolute Gasteiger partial charge is 0.495 e. The Balaban J connectivity index is 0.00000242. The molecule has 0 aliphatic carbocycles. The molecule has 1 fully saturated rings. The van der Waals surface area contributed by atoms with Crippen molar-refractivity contribution in [3.8, 4) is 5.75 Å². The molecule has 2 rings (SSSR count). The molecule has 0 aromatic heterocycles. The van der Waals surface area contributed by atoms with Crippen LogP contribution in [0.3, 0.4) is 0 Å². The van der Waals surface area contributed by atoms with Crippen LogP contribution in [0.15, 0.2) is 24.3 Å². The third-order valence-electron chi connectivity index (χ3n) is 3.47. The van der Waals surface area contributed by atoms with Crippen LogP contribution in [0.4, 0.5) is 5.69 Å². The Kier molecular flexibility index (Phi) is 5.79. The fourth-order valence-electron chi connectivity index (χ4n) is 2.25. The number of ether oxygens (including phenoxy) is 1. The van der Waals surface area contributed by atoms with Gasteiger partial charge in [-0.2, -0.15) is 0 Å². The maximum absolute atomic E-state index is 12.5. The fourth-order valence-corrected chi connectivity index (χ4v) is 2.25. The monoisotopic (exact) mass is 327 g/mol. The number of nitrogens with one attached hydrogen (secondary N) is 1. The van der Waals surface area contributed by atoms with E-state index < -0.39 is 11.6 Å². The number of para-hydroxylation sites is 2. The number of rotatable bonds is 4. The second-order valence-electron chi connectivity index (χ2n) is 5.70. The van der Waals surface area contributed by atoms with E-state index in [1.807, 2.05) is 18.2 Å². The summed E-state index contributed by atoms with van der Waals surface area (Å²) < 4.78 is 5.28. The van der Waals surface area contributed by atoms with Crippen LogP contribution in [0.2, 0.25) is 0 Å². The van der Waals surface area contributed by atoms with Gasteiger partial charge in [0.1, 0.15) is 11.8 Å². The van der Waals surface area contributed by atoms with Gasteiger partial charge in [0.2, 0.25) is 11.8 Å². The summed E-state index contributed by atoms with van der Waals surface area (Å²) in [6.07, 6.45) is 0.554. The third-order valence-corrected chi connectivity index (χ3v) is 3.47. The molecule has 2 amide bonds. The van der Waals surface area contributed by atoms with Crippen LogP contribution < -0.4 is 20.7 Å². The summed E-state index contributed by atoms with van der Waals surface area (Å²) in [7, 11) is 1.57. The van der Waals surface area contributed by atoms with Crippen molar-refractivity contribution in [1.29, 1.82) is 0 Å². The number of benzene rings is 1. The number of nitrogens with zero attached hydrogens (tertiary/aromatic N) is 1. The molecule has 0 bridgehead atoms. The van der Waals surface area contributed by atoms with Crippen molar-refractivity contribution < 1.29 is 14.3 Å². The first-order valence-electron chi connectivity index (χ1n) is 6.89. The summed E-state index contributed by atoms with van der Waals surface area (Å²) in [5, 5.41) is 2.71. The molecule has 22 heavy (non-hydrogen) atoms. The fraction of sp³-hybridized carbons (Fsp3) is 0.467. The molecule has 1 heterocycles. The topological polar surface area (TPSA) is 84.7 Å². The highest BCUT2D eigenvalue weighted by molar-refractivity contribution is 6.03. The van der Waals surface area contributed by atoms with Crippen molar-refractivity contribution in [2.45, 2.75) is 31.8 Å². The van der Waals surface area contributed by atoms with Gasteiger partial charge < -0.3 is 20.7 Å². The molecule has 7 heteroatoms. The van der Waals surface area contributed by atoms with E-state index in [9.17, 15) is 9.59 Å². The van der Waals surface area contributed by atoms with Crippen LogP contribution >= 0.6 is 12.4 Å². The predicted molar refractivity (Wildman–Crippen MR) is 87.4 cm³/mol. The number of carbonyl (C=O) groups is 2. The van der Waals surface area contributed by atoms with Crippen molar-refractivity contribution in [2.24, 2.45) is 5.73 Å². The molecule has 0 radical (unpaired) electrons. The summed E-state index contributed by atoms with van der Waals surface area (Å²) in [6.45, 7) is 3.76. The lowest BCUT2D eigenvalue weighted by Crippen LogP contribution is -2.53. The Morgan fingerprint density at radius 3 is 2.64 bits per heavy atom. The number of hydrogen-bond acceptors (Lipinski definition) is 4. The van der Waals surface area contributed by atoms with Crippen LogP contribution in [0, 0.1) is 0 Å². The van der Waals surface area contributed by atoms with E-state index in [1.54, 1.807) is 31.9 Å². The summed E-state index contributed by atoms with van der Waals surface area (Å²) in [5.41, 5.74) is 5.45. The number of amides is 2. The molecule has 1 saturated heterocycles. The Labute approximate surface area is 136 Å². The van der Waals surface area contributed by atoms with Crippen molar-refractivity contribution >= 4 is 29.9 Å². The summed E-state index contributed by atoms with van der Waals surface area (Å²) in [5.74, 6) is 0.164. The average molecular weight is 328 g/mol. The Morgan fingerprint density at radius 2 is 2.05 bits per heavy atom. The summed E-state index contributed by atoms with van der Waals surface area (Å²) in [4.78, 5) is 26.0. The second-order valence-corrected chi connectivity index (χ2v) is 5.70. The minimum absolute atomic E-state index is 0. The zero-order valence-electron chi connectivity index (χ0n) is 13.0. The Morgan fingerprint density at radius 1 is 1.41 bits per heavy atom. The third kappa shape index (κ3) is 3.69. The molecule has 0 spiro atoms. The van der Waals surface area contributed by atoms with Crippen LogP contribution in [-0.4, -0.2) is 37.0 Å². The van der Waals surface area contributed by atoms with Gasteiger partial charge in [0.15, 0.2) is 0 Å². The van der Waals surface area contributed by atoms with Crippen molar-refractivity contribution in [1.82, 2.24) is 5.32 Å². The van der Waals surface area contributed by atoms with E-state index in [4.69, 9.17) is 10.5 Å².